The molecule has 0 aliphatic rings. The maximum Gasteiger partial charge on any atom is 0.257 e. The highest BCUT2D eigenvalue weighted by molar-refractivity contribution is 9.10. The number of carbonyl (C=O) groups excluding carboxylic acids is 1. The Labute approximate surface area is 134 Å². The lowest BCUT2D eigenvalue weighted by atomic mass is 10.1. The van der Waals surface area contributed by atoms with E-state index in [0.717, 1.165) is 4.47 Å². The third kappa shape index (κ3) is 5.35. The number of nitrogens with zero attached hydrogens (tertiary/aromatic N) is 3. The third-order valence-corrected chi connectivity index (χ3v) is 3.23. The van der Waals surface area contributed by atoms with Gasteiger partial charge in [-0.1, -0.05) is 13.8 Å². The first-order valence-corrected chi connectivity index (χ1v) is 7.84. The maximum atomic E-state index is 12.7. The standard InChI is InChI=1S/C15H21BrN4O/c1-4-18-14-13(8-12(16)9-19-14)15(21)20(7-5-6-17)10-11(2)3/h8-9,11H,4-5,7,10H2,1-3H3,(H,18,19). The molecular formula is C15H21BrN4O. The van der Waals surface area contributed by atoms with Gasteiger partial charge < -0.3 is 10.2 Å². The molecule has 0 aromatic carbocycles. The van der Waals surface area contributed by atoms with Crippen molar-refractivity contribution in [1.29, 1.82) is 5.26 Å². The highest BCUT2D eigenvalue weighted by Crippen LogP contribution is 2.20. The normalized spacial score (nSPS) is 10.3. The van der Waals surface area contributed by atoms with Crippen molar-refractivity contribution in [2.75, 3.05) is 25.0 Å². The Bertz CT molecular complexity index is 525. The minimum absolute atomic E-state index is 0.0938. The Hall–Kier alpha value is -1.61. The number of pyridine rings is 1. The fourth-order valence-corrected chi connectivity index (χ4v) is 2.31. The topological polar surface area (TPSA) is 69.0 Å². The van der Waals surface area contributed by atoms with Gasteiger partial charge in [0.1, 0.15) is 5.82 Å². The molecule has 0 spiro atoms. The molecule has 0 aliphatic carbocycles. The smallest absolute Gasteiger partial charge is 0.257 e. The largest absolute Gasteiger partial charge is 0.370 e. The van der Waals surface area contributed by atoms with E-state index in [2.05, 4.69) is 46.1 Å². The van der Waals surface area contributed by atoms with Crippen LogP contribution < -0.4 is 5.32 Å². The first-order chi connectivity index (χ1) is 9.99. The van der Waals surface area contributed by atoms with Crippen LogP contribution in [0.25, 0.3) is 0 Å². The lowest BCUT2D eigenvalue weighted by Crippen LogP contribution is -2.35. The van der Waals surface area contributed by atoms with E-state index < -0.39 is 0 Å². The summed E-state index contributed by atoms with van der Waals surface area (Å²) in [6, 6.07) is 3.87. The molecule has 0 atom stereocenters. The monoisotopic (exact) mass is 352 g/mol. The highest BCUT2D eigenvalue weighted by Gasteiger charge is 2.20. The Balaban J connectivity index is 3.06. The molecule has 21 heavy (non-hydrogen) atoms. The highest BCUT2D eigenvalue weighted by atomic mass is 79.9. The number of aromatic nitrogens is 1. The van der Waals surface area contributed by atoms with E-state index in [9.17, 15) is 4.79 Å². The number of anilines is 1. The van der Waals surface area contributed by atoms with E-state index in [0.29, 0.717) is 43.4 Å². The second-order valence-electron chi connectivity index (χ2n) is 5.13. The minimum atomic E-state index is -0.0938. The molecule has 0 aliphatic heterocycles. The van der Waals surface area contributed by atoms with Gasteiger partial charge in [0.2, 0.25) is 0 Å². The number of halogens is 1. The number of hydrogen-bond donors (Lipinski definition) is 1. The molecule has 1 aromatic rings. The van der Waals surface area contributed by atoms with Gasteiger partial charge in [-0.25, -0.2) is 4.98 Å². The van der Waals surface area contributed by atoms with Crippen molar-refractivity contribution in [1.82, 2.24) is 9.88 Å². The molecule has 1 aromatic heterocycles. The van der Waals surface area contributed by atoms with Crippen LogP contribution in [0, 0.1) is 17.2 Å². The van der Waals surface area contributed by atoms with Crippen LogP contribution in [0.4, 0.5) is 5.82 Å². The lowest BCUT2D eigenvalue weighted by Gasteiger charge is -2.24. The molecule has 1 rings (SSSR count). The third-order valence-electron chi connectivity index (χ3n) is 2.80. The first-order valence-electron chi connectivity index (χ1n) is 7.05. The average Bonchev–Trinajstić information content (AvgIpc) is 2.44. The SMILES string of the molecule is CCNc1ncc(Br)cc1C(=O)N(CCC#N)CC(C)C. The predicted octanol–water partition coefficient (Wildman–Crippen LogP) is 3.29. The number of rotatable bonds is 7. The van der Waals surface area contributed by atoms with Gasteiger partial charge in [-0.3, -0.25) is 4.79 Å². The second-order valence-corrected chi connectivity index (χ2v) is 6.05. The summed E-state index contributed by atoms with van der Waals surface area (Å²) in [4.78, 5) is 18.7. The van der Waals surface area contributed by atoms with E-state index in [1.165, 1.54) is 0 Å². The van der Waals surface area contributed by atoms with Crippen molar-refractivity contribution >= 4 is 27.7 Å². The molecule has 1 heterocycles. The second kappa shape index (κ2) is 8.63. The number of nitriles is 1. The summed E-state index contributed by atoms with van der Waals surface area (Å²) in [5, 5.41) is 11.9. The minimum Gasteiger partial charge on any atom is -0.370 e. The van der Waals surface area contributed by atoms with E-state index >= 15 is 0 Å². The Morgan fingerprint density at radius 3 is 2.86 bits per heavy atom. The van der Waals surface area contributed by atoms with Crippen molar-refractivity contribution in [2.24, 2.45) is 5.92 Å². The fraction of sp³-hybridized carbons (Fsp3) is 0.533. The summed E-state index contributed by atoms with van der Waals surface area (Å²) in [5.74, 6) is 0.829. The number of carbonyl (C=O) groups is 1. The van der Waals surface area contributed by atoms with Gasteiger partial charge in [0.15, 0.2) is 0 Å². The van der Waals surface area contributed by atoms with Crippen molar-refractivity contribution in [3.05, 3.63) is 22.3 Å². The molecule has 0 saturated heterocycles. The average molecular weight is 353 g/mol. The Morgan fingerprint density at radius 2 is 2.29 bits per heavy atom. The summed E-state index contributed by atoms with van der Waals surface area (Å²) < 4.78 is 0.761. The van der Waals surface area contributed by atoms with Crippen LogP contribution in [-0.2, 0) is 0 Å². The zero-order valence-electron chi connectivity index (χ0n) is 12.7. The zero-order chi connectivity index (χ0) is 15.8. The molecular weight excluding hydrogens is 332 g/mol. The van der Waals surface area contributed by atoms with Crippen LogP contribution in [0.2, 0.25) is 0 Å². The molecule has 0 saturated carbocycles. The molecule has 1 amide bonds. The van der Waals surface area contributed by atoms with E-state index in [-0.39, 0.29) is 5.91 Å². The van der Waals surface area contributed by atoms with Crippen molar-refractivity contribution < 1.29 is 4.79 Å². The van der Waals surface area contributed by atoms with Gasteiger partial charge in [0, 0.05) is 30.3 Å². The maximum absolute atomic E-state index is 12.7. The van der Waals surface area contributed by atoms with Crippen molar-refractivity contribution in [3.63, 3.8) is 0 Å². The number of hydrogen-bond acceptors (Lipinski definition) is 4. The number of nitrogens with one attached hydrogen (secondary N) is 1. The van der Waals surface area contributed by atoms with Crippen LogP contribution in [0.3, 0.4) is 0 Å². The van der Waals surface area contributed by atoms with Crippen LogP contribution in [0.1, 0.15) is 37.6 Å². The van der Waals surface area contributed by atoms with Gasteiger partial charge in [-0.15, -0.1) is 0 Å². The molecule has 0 radical (unpaired) electrons. The first kappa shape index (κ1) is 17.4. The summed E-state index contributed by atoms with van der Waals surface area (Å²) in [7, 11) is 0. The van der Waals surface area contributed by atoms with Gasteiger partial charge in [-0.05, 0) is 34.8 Å². The molecule has 114 valence electrons. The van der Waals surface area contributed by atoms with Crippen molar-refractivity contribution in [3.8, 4) is 6.07 Å². The van der Waals surface area contributed by atoms with Crippen LogP contribution >= 0.6 is 15.9 Å². The zero-order valence-corrected chi connectivity index (χ0v) is 14.3. The molecule has 0 bridgehead atoms. The molecule has 1 N–H and O–H groups in total. The quantitative estimate of drug-likeness (QED) is 0.817. The van der Waals surface area contributed by atoms with E-state index in [1.807, 2.05) is 6.92 Å². The fourth-order valence-electron chi connectivity index (χ4n) is 1.98. The lowest BCUT2D eigenvalue weighted by molar-refractivity contribution is 0.0740. The van der Waals surface area contributed by atoms with Gasteiger partial charge >= 0.3 is 0 Å². The van der Waals surface area contributed by atoms with E-state index in [4.69, 9.17) is 5.26 Å². The van der Waals surface area contributed by atoms with Crippen LogP contribution in [0.15, 0.2) is 16.7 Å². The molecule has 5 nitrogen and oxygen atoms in total. The van der Waals surface area contributed by atoms with Gasteiger partial charge in [0.25, 0.3) is 5.91 Å². The summed E-state index contributed by atoms with van der Waals surface area (Å²) in [6.07, 6.45) is 1.99. The van der Waals surface area contributed by atoms with Gasteiger partial charge in [0.05, 0.1) is 18.1 Å². The van der Waals surface area contributed by atoms with Gasteiger partial charge in [-0.2, -0.15) is 5.26 Å². The van der Waals surface area contributed by atoms with Crippen molar-refractivity contribution in [2.45, 2.75) is 27.2 Å². The predicted molar refractivity (Wildman–Crippen MR) is 87.1 cm³/mol. The summed E-state index contributed by atoms with van der Waals surface area (Å²) in [5.41, 5.74) is 0.532. The molecule has 0 fully saturated rings. The van der Waals surface area contributed by atoms with Crippen LogP contribution in [0.5, 0.6) is 0 Å². The number of amides is 1. The van der Waals surface area contributed by atoms with E-state index in [1.54, 1.807) is 17.2 Å². The molecule has 6 heteroatoms. The molecule has 0 unspecified atom stereocenters. The van der Waals surface area contributed by atoms with Crippen LogP contribution in [-0.4, -0.2) is 35.4 Å². The Kier molecular flexibility index (Phi) is 7.17. The summed E-state index contributed by atoms with van der Waals surface area (Å²) >= 11 is 3.35. The Morgan fingerprint density at radius 1 is 1.57 bits per heavy atom. The summed E-state index contributed by atoms with van der Waals surface area (Å²) in [6.45, 7) is 7.81.